The van der Waals surface area contributed by atoms with Crippen molar-refractivity contribution in [2.75, 3.05) is 9.62 Å². The maximum absolute atomic E-state index is 6.75. The first-order valence-electron chi connectivity index (χ1n) is 18.4. The number of para-hydroxylation sites is 3. The van der Waals surface area contributed by atoms with Gasteiger partial charge in [0, 0.05) is 22.5 Å². The van der Waals surface area contributed by atoms with Crippen LogP contribution in [0.4, 0.5) is 22.7 Å². The van der Waals surface area contributed by atoms with Crippen LogP contribution < -0.4 is 20.8 Å². The molecule has 7 aromatic carbocycles. The van der Waals surface area contributed by atoms with E-state index in [1.165, 1.54) is 11.1 Å². The van der Waals surface area contributed by atoms with Gasteiger partial charge in [0.05, 0.1) is 16.9 Å². The minimum atomic E-state index is -0.321. The van der Waals surface area contributed by atoms with Crippen LogP contribution in [0.2, 0.25) is 0 Å². The molecule has 0 amide bonds. The third-order valence-corrected chi connectivity index (χ3v) is 9.54. The van der Waals surface area contributed by atoms with Crippen LogP contribution in [-0.2, 0) is 0 Å². The molecule has 262 valence electrons. The second kappa shape index (κ2) is 14.8. The van der Waals surface area contributed by atoms with Crippen molar-refractivity contribution in [3.05, 3.63) is 199 Å². The smallest absolute Gasteiger partial charge is 0.383 e. The van der Waals surface area contributed by atoms with Crippen molar-refractivity contribution in [1.82, 2.24) is 0 Å². The quantitative estimate of drug-likeness (QED) is 0.102. The lowest BCUT2D eigenvalue weighted by Crippen LogP contribution is -2.53. The SMILES string of the molecule is CC(C)(C)N=C(N=C(N)c1ccc(B2N(c3ccccc3)c3ccccc3N2c2cc(-c3ccccc3)cc(-c3ccccc3)c2)cc1)c1ccccc1. The van der Waals surface area contributed by atoms with Gasteiger partial charge in [0.25, 0.3) is 0 Å². The van der Waals surface area contributed by atoms with E-state index in [1.54, 1.807) is 0 Å². The highest BCUT2D eigenvalue weighted by Crippen LogP contribution is 2.47. The Kier molecular flexibility index (Phi) is 9.41. The van der Waals surface area contributed by atoms with Gasteiger partial charge in [-0.25, -0.2) is 4.99 Å². The zero-order valence-electron chi connectivity index (χ0n) is 30.8. The zero-order valence-corrected chi connectivity index (χ0v) is 30.8. The number of hydrogen-bond acceptors (Lipinski definition) is 3. The third-order valence-electron chi connectivity index (χ3n) is 9.54. The number of benzene rings is 7. The topological polar surface area (TPSA) is 57.2 Å². The molecule has 5 nitrogen and oxygen atoms in total. The summed E-state index contributed by atoms with van der Waals surface area (Å²) in [5.74, 6) is 1.04. The summed E-state index contributed by atoms with van der Waals surface area (Å²) in [6.45, 7) is 6.00. The van der Waals surface area contributed by atoms with Crippen LogP contribution in [-0.4, -0.2) is 24.2 Å². The number of anilines is 4. The van der Waals surface area contributed by atoms with Gasteiger partial charge in [-0.3, -0.25) is 4.99 Å². The van der Waals surface area contributed by atoms with Gasteiger partial charge in [0.2, 0.25) is 0 Å². The molecule has 0 bridgehead atoms. The van der Waals surface area contributed by atoms with Crippen molar-refractivity contribution in [1.29, 1.82) is 0 Å². The first-order chi connectivity index (χ1) is 26.3. The normalized spacial score (nSPS) is 13.3. The minimum absolute atomic E-state index is 0.200. The Balaban J connectivity index is 1.27. The second-order valence-corrected chi connectivity index (χ2v) is 14.5. The Morgan fingerprint density at radius 3 is 1.46 bits per heavy atom. The molecule has 0 fully saturated rings. The van der Waals surface area contributed by atoms with E-state index in [1.807, 2.05) is 30.3 Å². The fourth-order valence-corrected chi connectivity index (χ4v) is 7.11. The monoisotopic (exact) mass is 699 g/mol. The van der Waals surface area contributed by atoms with E-state index in [0.29, 0.717) is 11.7 Å². The van der Waals surface area contributed by atoms with Crippen molar-refractivity contribution >= 4 is 46.9 Å². The molecular weight excluding hydrogens is 657 g/mol. The molecule has 8 rings (SSSR count). The third kappa shape index (κ3) is 7.19. The molecule has 0 unspecified atom stereocenters. The lowest BCUT2D eigenvalue weighted by Gasteiger charge is -2.31. The molecule has 0 saturated heterocycles. The van der Waals surface area contributed by atoms with E-state index in [4.69, 9.17) is 15.7 Å². The molecule has 1 heterocycles. The number of rotatable bonds is 7. The van der Waals surface area contributed by atoms with Crippen molar-refractivity contribution in [2.45, 2.75) is 26.3 Å². The Labute approximate surface area is 318 Å². The first kappa shape index (κ1) is 34.4. The Hall–Kier alpha value is -6.66. The second-order valence-electron chi connectivity index (χ2n) is 14.5. The number of fused-ring (bicyclic) bond motifs is 1. The summed E-state index contributed by atoms with van der Waals surface area (Å²) < 4.78 is 0. The summed E-state index contributed by atoms with van der Waals surface area (Å²) in [4.78, 5) is 14.7. The van der Waals surface area contributed by atoms with Crippen molar-refractivity contribution in [3.63, 3.8) is 0 Å². The molecule has 0 aromatic heterocycles. The summed E-state index contributed by atoms with van der Waals surface area (Å²) in [5.41, 5.74) is 18.4. The molecule has 2 N–H and O–H groups in total. The maximum Gasteiger partial charge on any atom is 0.420 e. The number of nitrogens with zero attached hydrogens (tertiary/aromatic N) is 4. The van der Waals surface area contributed by atoms with E-state index >= 15 is 0 Å². The first-order valence-corrected chi connectivity index (χ1v) is 18.4. The van der Waals surface area contributed by atoms with Crippen LogP contribution in [0.5, 0.6) is 0 Å². The molecule has 0 saturated carbocycles. The van der Waals surface area contributed by atoms with Crippen molar-refractivity contribution in [2.24, 2.45) is 15.7 Å². The fraction of sp³-hybridized carbons (Fsp3) is 0.0833. The predicted molar refractivity (Wildman–Crippen MR) is 230 cm³/mol. The van der Waals surface area contributed by atoms with E-state index < -0.39 is 0 Å². The summed E-state index contributed by atoms with van der Waals surface area (Å²) in [6, 6.07) is 66.0. The van der Waals surface area contributed by atoms with Crippen molar-refractivity contribution in [3.8, 4) is 22.3 Å². The lowest BCUT2D eigenvalue weighted by atomic mass is 9.64. The van der Waals surface area contributed by atoms with Crippen molar-refractivity contribution < 1.29 is 0 Å². The summed E-state index contributed by atoms with van der Waals surface area (Å²) in [6.07, 6.45) is 0. The average molecular weight is 700 g/mol. The summed E-state index contributed by atoms with van der Waals surface area (Å²) >= 11 is 0. The lowest BCUT2D eigenvalue weighted by molar-refractivity contribution is 0.583. The van der Waals surface area contributed by atoms with Crippen LogP contribution in [0.1, 0.15) is 31.9 Å². The Morgan fingerprint density at radius 1 is 0.481 bits per heavy atom. The largest absolute Gasteiger partial charge is 0.420 e. The van der Waals surface area contributed by atoms with E-state index in [0.717, 1.165) is 50.5 Å². The van der Waals surface area contributed by atoms with Gasteiger partial charge in [-0.15, -0.1) is 0 Å². The molecule has 1 aliphatic rings. The standard InChI is InChI=1S/C48H42BN5/c1-48(2,3)52-47(38-22-12-6-13-23-38)51-46(50)37-28-30-41(31-29-37)49-53(42-24-14-7-15-25-42)44-26-16-17-27-45(44)54(49)43-33-39(35-18-8-4-9-19-35)32-40(34-43)36-20-10-5-11-21-36/h4-34H,1-3H3,(H2,50,51,52). The zero-order chi connectivity index (χ0) is 37.1. The summed E-state index contributed by atoms with van der Waals surface area (Å²) in [7, 11) is 0. The highest BCUT2D eigenvalue weighted by molar-refractivity contribution is 6.84. The molecule has 54 heavy (non-hydrogen) atoms. The molecule has 6 heteroatoms. The van der Waals surface area contributed by atoms with Gasteiger partial charge >= 0.3 is 6.98 Å². The summed E-state index contributed by atoms with van der Waals surface area (Å²) in [5, 5.41) is 0. The minimum Gasteiger partial charge on any atom is -0.383 e. The van der Waals surface area contributed by atoms with Crippen LogP contribution in [0.25, 0.3) is 22.3 Å². The van der Waals surface area contributed by atoms with E-state index in [-0.39, 0.29) is 12.5 Å². The molecule has 0 spiro atoms. The molecule has 7 aromatic rings. The van der Waals surface area contributed by atoms with E-state index in [2.05, 4.69) is 188 Å². The Morgan fingerprint density at radius 2 is 0.944 bits per heavy atom. The fourth-order valence-electron chi connectivity index (χ4n) is 7.11. The Bertz CT molecular complexity index is 2360. The number of amidine groups is 2. The van der Waals surface area contributed by atoms with Crippen LogP contribution in [0, 0.1) is 0 Å². The van der Waals surface area contributed by atoms with Crippen LogP contribution in [0.3, 0.4) is 0 Å². The average Bonchev–Trinajstić information content (AvgIpc) is 3.56. The van der Waals surface area contributed by atoms with Gasteiger partial charge < -0.3 is 15.4 Å². The van der Waals surface area contributed by atoms with Gasteiger partial charge in [-0.1, -0.05) is 146 Å². The van der Waals surface area contributed by atoms with Gasteiger partial charge in [-0.05, 0) is 91.0 Å². The number of aliphatic imine (C=N–C) groups is 2. The highest BCUT2D eigenvalue weighted by Gasteiger charge is 2.43. The van der Waals surface area contributed by atoms with Crippen LogP contribution >= 0.6 is 0 Å². The predicted octanol–water partition coefficient (Wildman–Crippen LogP) is 10.7. The van der Waals surface area contributed by atoms with Gasteiger partial charge in [0.15, 0.2) is 5.84 Å². The number of hydrogen-bond donors (Lipinski definition) is 1. The van der Waals surface area contributed by atoms with E-state index in [9.17, 15) is 0 Å². The van der Waals surface area contributed by atoms with Crippen LogP contribution in [0.15, 0.2) is 198 Å². The number of nitrogens with two attached hydrogens (primary N) is 1. The molecule has 0 atom stereocenters. The molecule has 1 aliphatic heterocycles. The van der Waals surface area contributed by atoms with Gasteiger partial charge in [-0.2, -0.15) is 0 Å². The maximum atomic E-state index is 6.75. The van der Waals surface area contributed by atoms with Gasteiger partial charge in [0.1, 0.15) is 5.84 Å². The molecule has 0 radical (unpaired) electrons. The highest BCUT2D eigenvalue weighted by atomic mass is 15.3. The molecular formula is C48H42BN5. The molecule has 0 aliphatic carbocycles.